The lowest BCUT2D eigenvalue weighted by molar-refractivity contribution is 0.0684. The van der Waals surface area contributed by atoms with E-state index in [-0.39, 0.29) is 5.69 Å². The first kappa shape index (κ1) is 12.2. The van der Waals surface area contributed by atoms with Crippen molar-refractivity contribution in [2.75, 3.05) is 7.11 Å². The second-order valence-electron chi connectivity index (χ2n) is 3.98. The van der Waals surface area contributed by atoms with Crippen molar-refractivity contribution in [3.05, 3.63) is 47.3 Å². The van der Waals surface area contributed by atoms with Crippen molar-refractivity contribution < 1.29 is 14.6 Å². The number of aromatic carboxylic acids is 1. The summed E-state index contributed by atoms with van der Waals surface area (Å²) in [7, 11) is 1.61. The smallest absolute Gasteiger partial charge is 0.354 e. The van der Waals surface area contributed by atoms with Crippen molar-refractivity contribution in [1.82, 2.24) is 9.78 Å². The summed E-state index contributed by atoms with van der Waals surface area (Å²) in [5.74, 6) is -0.196. The molecule has 94 valence electrons. The van der Waals surface area contributed by atoms with Crippen LogP contribution in [0.1, 0.15) is 21.7 Å². The van der Waals surface area contributed by atoms with Gasteiger partial charge in [-0.15, -0.1) is 0 Å². The Bertz CT molecular complexity index is 558. The molecule has 1 aromatic heterocycles. The highest BCUT2D eigenvalue weighted by atomic mass is 16.5. The van der Waals surface area contributed by atoms with E-state index in [2.05, 4.69) is 5.10 Å². The standard InChI is InChI=1S/C13H14N2O3/c1-9-7-12(13(16)17)15(14-9)8-10-3-5-11(18-2)6-4-10/h3-7H,8H2,1-2H3,(H,16,17). The van der Waals surface area contributed by atoms with E-state index in [9.17, 15) is 4.79 Å². The second kappa shape index (κ2) is 4.91. The van der Waals surface area contributed by atoms with Gasteiger partial charge in [-0.3, -0.25) is 4.68 Å². The van der Waals surface area contributed by atoms with E-state index >= 15 is 0 Å². The first-order valence-corrected chi connectivity index (χ1v) is 5.51. The quantitative estimate of drug-likeness (QED) is 0.895. The molecule has 2 aromatic rings. The Balaban J connectivity index is 2.25. The number of rotatable bonds is 4. The van der Waals surface area contributed by atoms with Crippen LogP contribution in [0.25, 0.3) is 0 Å². The molecule has 0 atom stereocenters. The minimum absolute atomic E-state index is 0.198. The fraction of sp³-hybridized carbons (Fsp3) is 0.231. The van der Waals surface area contributed by atoms with Gasteiger partial charge in [-0.25, -0.2) is 4.79 Å². The van der Waals surface area contributed by atoms with Crippen LogP contribution in [0.2, 0.25) is 0 Å². The topological polar surface area (TPSA) is 64.4 Å². The molecule has 0 fully saturated rings. The largest absolute Gasteiger partial charge is 0.497 e. The molecule has 18 heavy (non-hydrogen) atoms. The summed E-state index contributed by atoms with van der Waals surface area (Å²) in [6.45, 7) is 2.20. The Morgan fingerprint density at radius 3 is 2.61 bits per heavy atom. The number of hydrogen-bond acceptors (Lipinski definition) is 3. The molecule has 1 heterocycles. The van der Waals surface area contributed by atoms with Gasteiger partial charge in [-0.05, 0) is 30.7 Å². The maximum absolute atomic E-state index is 11.0. The van der Waals surface area contributed by atoms with Gasteiger partial charge in [0, 0.05) is 0 Å². The molecular weight excluding hydrogens is 232 g/mol. The molecule has 0 saturated heterocycles. The summed E-state index contributed by atoms with van der Waals surface area (Å²) in [6, 6.07) is 9.02. The maximum Gasteiger partial charge on any atom is 0.354 e. The number of carbonyl (C=O) groups is 1. The van der Waals surface area contributed by atoms with E-state index in [1.54, 1.807) is 20.1 Å². The second-order valence-corrected chi connectivity index (χ2v) is 3.98. The average molecular weight is 246 g/mol. The molecule has 5 nitrogen and oxygen atoms in total. The molecule has 0 unspecified atom stereocenters. The Labute approximate surface area is 105 Å². The number of benzene rings is 1. The third-order valence-electron chi connectivity index (χ3n) is 2.61. The van der Waals surface area contributed by atoms with Gasteiger partial charge in [-0.2, -0.15) is 5.10 Å². The summed E-state index contributed by atoms with van der Waals surface area (Å²) in [5.41, 5.74) is 1.87. The van der Waals surface area contributed by atoms with Crippen LogP contribution in [0, 0.1) is 6.92 Å². The lowest BCUT2D eigenvalue weighted by Gasteiger charge is -2.05. The van der Waals surface area contributed by atoms with E-state index in [0.717, 1.165) is 11.3 Å². The molecule has 0 amide bonds. The number of aromatic nitrogens is 2. The highest BCUT2D eigenvalue weighted by Crippen LogP contribution is 2.13. The van der Waals surface area contributed by atoms with Gasteiger partial charge in [-0.1, -0.05) is 12.1 Å². The van der Waals surface area contributed by atoms with Gasteiger partial charge in [0.05, 0.1) is 19.3 Å². The SMILES string of the molecule is COc1ccc(Cn2nc(C)cc2C(=O)O)cc1. The molecular formula is C13H14N2O3. The normalized spacial score (nSPS) is 10.3. The minimum atomic E-state index is -0.968. The molecule has 0 aliphatic rings. The lowest BCUT2D eigenvalue weighted by Crippen LogP contribution is -2.10. The Hall–Kier alpha value is -2.30. The van der Waals surface area contributed by atoms with Gasteiger partial charge in [0.25, 0.3) is 0 Å². The van der Waals surface area contributed by atoms with E-state index < -0.39 is 5.97 Å². The van der Waals surface area contributed by atoms with E-state index in [1.807, 2.05) is 24.3 Å². The summed E-state index contributed by atoms with van der Waals surface area (Å²) in [6.07, 6.45) is 0. The Morgan fingerprint density at radius 2 is 2.06 bits per heavy atom. The zero-order chi connectivity index (χ0) is 13.1. The summed E-state index contributed by atoms with van der Waals surface area (Å²) >= 11 is 0. The van der Waals surface area contributed by atoms with Crippen molar-refractivity contribution in [2.24, 2.45) is 0 Å². The number of hydrogen-bond donors (Lipinski definition) is 1. The molecule has 0 radical (unpaired) electrons. The molecule has 0 saturated carbocycles. The molecule has 0 aliphatic heterocycles. The fourth-order valence-corrected chi connectivity index (χ4v) is 1.74. The number of carboxylic acid groups (broad SMARTS) is 1. The summed E-state index contributed by atoms with van der Waals surface area (Å²) in [5, 5.41) is 13.2. The van der Waals surface area contributed by atoms with E-state index in [4.69, 9.17) is 9.84 Å². The number of methoxy groups -OCH3 is 1. The average Bonchev–Trinajstić information content (AvgIpc) is 2.71. The van der Waals surface area contributed by atoms with Crippen LogP contribution in [-0.2, 0) is 6.54 Å². The van der Waals surface area contributed by atoms with E-state index in [1.165, 1.54) is 4.68 Å². The molecule has 0 bridgehead atoms. The molecule has 5 heteroatoms. The fourth-order valence-electron chi connectivity index (χ4n) is 1.74. The van der Waals surface area contributed by atoms with Crippen LogP contribution < -0.4 is 4.74 Å². The van der Waals surface area contributed by atoms with Crippen LogP contribution in [-0.4, -0.2) is 28.0 Å². The van der Waals surface area contributed by atoms with Crippen LogP contribution in [0.3, 0.4) is 0 Å². The van der Waals surface area contributed by atoms with Gasteiger partial charge in [0.15, 0.2) is 0 Å². The number of nitrogens with zero attached hydrogens (tertiary/aromatic N) is 2. The minimum Gasteiger partial charge on any atom is -0.497 e. The van der Waals surface area contributed by atoms with E-state index in [0.29, 0.717) is 12.2 Å². The molecule has 2 rings (SSSR count). The lowest BCUT2D eigenvalue weighted by atomic mass is 10.2. The van der Waals surface area contributed by atoms with Crippen LogP contribution >= 0.6 is 0 Å². The van der Waals surface area contributed by atoms with Gasteiger partial charge in [0.1, 0.15) is 11.4 Å². The zero-order valence-electron chi connectivity index (χ0n) is 10.3. The molecule has 0 aliphatic carbocycles. The Morgan fingerprint density at radius 1 is 1.39 bits per heavy atom. The van der Waals surface area contributed by atoms with Crippen molar-refractivity contribution in [3.8, 4) is 5.75 Å². The number of ether oxygens (including phenoxy) is 1. The van der Waals surface area contributed by atoms with Crippen LogP contribution in [0.5, 0.6) is 5.75 Å². The number of carboxylic acids is 1. The third kappa shape index (κ3) is 2.51. The van der Waals surface area contributed by atoms with Crippen LogP contribution in [0.4, 0.5) is 0 Å². The van der Waals surface area contributed by atoms with Gasteiger partial charge < -0.3 is 9.84 Å². The van der Waals surface area contributed by atoms with Gasteiger partial charge >= 0.3 is 5.97 Å². The highest BCUT2D eigenvalue weighted by molar-refractivity contribution is 5.85. The van der Waals surface area contributed by atoms with Gasteiger partial charge in [0.2, 0.25) is 0 Å². The van der Waals surface area contributed by atoms with Crippen molar-refractivity contribution in [1.29, 1.82) is 0 Å². The van der Waals surface area contributed by atoms with Crippen molar-refractivity contribution in [2.45, 2.75) is 13.5 Å². The third-order valence-corrected chi connectivity index (χ3v) is 2.61. The molecule has 0 spiro atoms. The predicted molar refractivity (Wildman–Crippen MR) is 66.0 cm³/mol. The Kier molecular flexibility index (Phi) is 3.32. The van der Waals surface area contributed by atoms with Crippen molar-refractivity contribution in [3.63, 3.8) is 0 Å². The first-order valence-electron chi connectivity index (χ1n) is 5.51. The predicted octanol–water partition coefficient (Wildman–Crippen LogP) is 1.95. The monoisotopic (exact) mass is 246 g/mol. The maximum atomic E-state index is 11.0. The summed E-state index contributed by atoms with van der Waals surface area (Å²) in [4.78, 5) is 11.0. The van der Waals surface area contributed by atoms with Crippen LogP contribution in [0.15, 0.2) is 30.3 Å². The zero-order valence-corrected chi connectivity index (χ0v) is 10.3. The molecule has 1 aromatic carbocycles. The molecule has 1 N–H and O–H groups in total. The first-order chi connectivity index (χ1) is 8.60. The van der Waals surface area contributed by atoms with Crippen molar-refractivity contribution >= 4 is 5.97 Å². The highest BCUT2D eigenvalue weighted by Gasteiger charge is 2.12. The summed E-state index contributed by atoms with van der Waals surface area (Å²) < 4.78 is 6.55. The number of aryl methyl sites for hydroxylation is 1.